The molecule has 1 aromatic rings. The number of carbonyl (C=O) groups excluding carboxylic acids is 1. The first-order valence-electron chi connectivity index (χ1n) is 8.74. The highest BCUT2D eigenvalue weighted by molar-refractivity contribution is 5.85. The molecule has 0 unspecified atom stereocenters. The topological polar surface area (TPSA) is 50.4 Å². The summed E-state index contributed by atoms with van der Waals surface area (Å²) in [6, 6.07) is 7.72. The number of amides is 1. The van der Waals surface area contributed by atoms with Gasteiger partial charge in [-0.25, -0.2) is 4.79 Å². The Balaban J connectivity index is 2.24. The van der Waals surface area contributed by atoms with E-state index in [1.165, 1.54) is 38.5 Å². The van der Waals surface area contributed by atoms with Gasteiger partial charge in [-0.2, -0.15) is 0 Å². The van der Waals surface area contributed by atoms with Crippen LogP contribution in [0.3, 0.4) is 0 Å². The second-order valence-electron chi connectivity index (χ2n) is 6.90. The third-order valence-corrected chi connectivity index (χ3v) is 3.39. The summed E-state index contributed by atoms with van der Waals surface area (Å²) in [6.45, 7) is 8.78. The van der Waals surface area contributed by atoms with Gasteiger partial charge in [0, 0.05) is 17.9 Å². The summed E-state index contributed by atoms with van der Waals surface area (Å²) >= 11 is 0. The predicted octanol–water partition coefficient (Wildman–Crippen LogP) is 5.81. The molecule has 0 heterocycles. The number of nitrogens with one attached hydrogen (secondary N) is 2. The molecule has 0 saturated carbocycles. The first-order valence-corrected chi connectivity index (χ1v) is 8.74. The van der Waals surface area contributed by atoms with E-state index in [0.29, 0.717) is 0 Å². The van der Waals surface area contributed by atoms with Gasteiger partial charge in [0.1, 0.15) is 5.60 Å². The Labute approximate surface area is 141 Å². The Bertz CT molecular complexity index is 449. The van der Waals surface area contributed by atoms with Gasteiger partial charge < -0.3 is 10.1 Å². The molecule has 0 spiro atoms. The molecule has 0 fully saturated rings. The standard InChI is InChI=1S/C19H32N2O2/c1-5-6-7-8-9-10-15-20-16-11-13-17(14-12-16)21-18(22)23-19(2,3)4/h11-14,20H,5-10,15H2,1-4H3,(H,21,22). The third kappa shape index (κ3) is 9.82. The fraction of sp³-hybridized carbons (Fsp3) is 0.632. The second kappa shape index (κ2) is 10.1. The first kappa shape index (κ1) is 19.3. The molecule has 1 aromatic carbocycles. The van der Waals surface area contributed by atoms with Crippen LogP contribution in [-0.4, -0.2) is 18.2 Å². The Morgan fingerprint density at radius 2 is 1.52 bits per heavy atom. The lowest BCUT2D eigenvalue weighted by Gasteiger charge is -2.19. The summed E-state index contributed by atoms with van der Waals surface area (Å²) in [5.41, 5.74) is 1.33. The molecular formula is C19H32N2O2. The lowest BCUT2D eigenvalue weighted by atomic mass is 10.1. The van der Waals surface area contributed by atoms with E-state index in [4.69, 9.17) is 4.74 Å². The molecular weight excluding hydrogens is 288 g/mol. The normalized spacial score (nSPS) is 11.1. The highest BCUT2D eigenvalue weighted by Gasteiger charge is 2.15. The van der Waals surface area contributed by atoms with E-state index in [-0.39, 0.29) is 0 Å². The van der Waals surface area contributed by atoms with E-state index in [1.807, 2.05) is 45.0 Å². The minimum atomic E-state index is -0.483. The van der Waals surface area contributed by atoms with Gasteiger partial charge in [-0.1, -0.05) is 39.0 Å². The van der Waals surface area contributed by atoms with Crippen molar-refractivity contribution in [2.75, 3.05) is 17.2 Å². The lowest BCUT2D eigenvalue weighted by Crippen LogP contribution is -2.27. The fourth-order valence-electron chi connectivity index (χ4n) is 2.23. The molecule has 1 amide bonds. The van der Waals surface area contributed by atoms with Crippen LogP contribution in [0, 0.1) is 0 Å². The van der Waals surface area contributed by atoms with Crippen molar-refractivity contribution in [3.05, 3.63) is 24.3 Å². The molecule has 0 aliphatic heterocycles. The number of unbranched alkanes of at least 4 members (excludes halogenated alkanes) is 5. The van der Waals surface area contributed by atoms with Crippen molar-refractivity contribution in [2.45, 2.75) is 71.8 Å². The Hall–Kier alpha value is -1.71. The summed E-state index contributed by atoms with van der Waals surface area (Å²) in [4.78, 5) is 11.7. The molecule has 0 aliphatic rings. The van der Waals surface area contributed by atoms with Crippen LogP contribution in [0.5, 0.6) is 0 Å². The van der Waals surface area contributed by atoms with Crippen molar-refractivity contribution in [1.82, 2.24) is 0 Å². The molecule has 23 heavy (non-hydrogen) atoms. The van der Waals surface area contributed by atoms with Gasteiger partial charge in [-0.05, 0) is 51.5 Å². The molecule has 0 bridgehead atoms. The van der Waals surface area contributed by atoms with Crippen LogP contribution >= 0.6 is 0 Å². The summed E-state index contributed by atoms with van der Waals surface area (Å²) in [7, 11) is 0. The van der Waals surface area contributed by atoms with Gasteiger partial charge in [-0.3, -0.25) is 5.32 Å². The number of carbonyl (C=O) groups is 1. The van der Waals surface area contributed by atoms with Crippen LogP contribution in [-0.2, 0) is 4.74 Å². The summed E-state index contributed by atoms with van der Waals surface area (Å²) < 4.78 is 5.23. The summed E-state index contributed by atoms with van der Waals surface area (Å²) in [5.74, 6) is 0. The summed E-state index contributed by atoms with van der Waals surface area (Å²) in [5, 5.41) is 6.14. The van der Waals surface area contributed by atoms with Gasteiger partial charge in [0.25, 0.3) is 0 Å². The molecule has 0 saturated heterocycles. The van der Waals surface area contributed by atoms with E-state index in [9.17, 15) is 4.79 Å². The Kier molecular flexibility index (Phi) is 8.52. The second-order valence-corrected chi connectivity index (χ2v) is 6.90. The van der Waals surface area contributed by atoms with Crippen LogP contribution < -0.4 is 10.6 Å². The van der Waals surface area contributed by atoms with Crippen LogP contribution in [0.2, 0.25) is 0 Å². The SMILES string of the molecule is CCCCCCCCNc1ccc(NC(=O)OC(C)(C)C)cc1. The minimum Gasteiger partial charge on any atom is -0.444 e. The molecule has 4 nitrogen and oxygen atoms in total. The smallest absolute Gasteiger partial charge is 0.412 e. The van der Waals surface area contributed by atoms with Crippen LogP contribution in [0.25, 0.3) is 0 Å². The van der Waals surface area contributed by atoms with E-state index < -0.39 is 11.7 Å². The van der Waals surface area contributed by atoms with Crippen molar-refractivity contribution >= 4 is 17.5 Å². The van der Waals surface area contributed by atoms with E-state index >= 15 is 0 Å². The highest BCUT2D eigenvalue weighted by Crippen LogP contribution is 2.15. The largest absolute Gasteiger partial charge is 0.444 e. The molecule has 1 rings (SSSR count). The zero-order valence-corrected chi connectivity index (χ0v) is 15.1. The average Bonchev–Trinajstić information content (AvgIpc) is 2.46. The number of ether oxygens (including phenoxy) is 1. The number of anilines is 2. The third-order valence-electron chi connectivity index (χ3n) is 3.39. The van der Waals surface area contributed by atoms with E-state index in [1.54, 1.807) is 0 Å². The molecule has 0 radical (unpaired) electrons. The zero-order valence-electron chi connectivity index (χ0n) is 15.1. The fourth-order valence-corrected chi connectivity index (χ4v) is 2.23. The number of rotatable bonds is 9. The molecule has 2 N–H and O–H groups in total. The van der Waals surface area contributed by atoms with Crippen LogP contribution in [0.1, 0.15) is 66.2 Å². The monoisotopic (exact) mass is 320 g/mol. The van der Waals surface area contributed by atoms with Crippen molar-refractivity contribution in [1.29, 1.82) is 0 Å². The maximum Gasteiger partial charge on any atom is 0.412 e. The highest BCUT2D eigenvalue weighted by atomic mass is 16.6. The minimum absolute atomic E-state index is 0.426. The van der Waals surface area contributed by atoms with Gasteiger partial charge in [0.15, 0.2) is 0 Å². The van der Waals surface area contributed by atoms with Crippen molar-refractivity contribution in [2.24, 2.45) is 0 Å². The van der Waals surface area contributed by atoms with Gasteiger partial charge in [0.05, 0.1) is 0 Å². The molecule has 4 heteroatoms. The van der Waals surface area contributed by atoms with Crippen LogP contribution in [0.15, 0.2) is 24.3 Å². The number of benzene rings is 1. The molecule has 130 valence electrons. The van der Waals surface area contributed by atoms with Crippen molar-refractivity contribution < 1.29 is 9.53 Å². The number of hydrogen-bond donors (Lipinski definition) is 2. The van der Waals surface area contributed by atoms with Crippen molar-refractivity contribution in [3.63, 3.8) is 0 Å². The van der Waals surface area contributed by atoms with Gasteiger partial charge >= 0.3 is 6.09 Å². The number of hydrogen-bond acceptors (Lipinski definition) is 3. The lowest BCUT2D eigenvalue weighted by molar-refractivity contribution is 0.0636. The van der Waals surface area contributed by atoms with E-state index in [2.05, 4.69) is 17.6 Å². The van der Waals surface area contributed by atoms with Crippen molar-refractivity contribution in [3.8, 4) is 0 Å². The maximum absolute atomic E-state index is 11.7. The maximum atomic E-state index is 11.7. The summed E-state index contributed by atoms with van der Waals surface area (Å²) in [6.07, 6.45) is 7.37. The van der Waals surface area contributed by atoms with E-state index in [0.717, 1.165) is 17.9 Å². The Morgan fingerprint density at radius 3 is 2.13 bits per heavy atom. The van der Waals surface area contributed by atoms with Gasteiger partial charge in [-0.15, -0.1) is 0 Å². The first-order chi connectivity index (χ1) is 10.9. The average molecular weight is 320 g/mol. The zero-order chi connectivity index (χ0) is 17.1. The van der Waals surface area contributed by atoms with Crippen LogP contribution in [0.4, 0.5) is 16.2 Å². The van der Waals surface area contributed by atoms with Gasteiger partial charge in [0.2, 0.25) is 0 Å². The molecule has 0 atom stereocenters. The quantitative estimate of drug-likeness (QED) is 0.565. The Morgan fingerprint density at radius 1 is 0.957 bits per heavy atom. The molecule has 0 aliphatic carbocycles. The molecule has 0 aromatic heterocycles. The predicted molar refractivity (Wildman–Crippen MR) is 98.2 cm³/mol.